The van der Waals surface area contributed by atoms with E-state index in [2.05, 4.69) is 28.6 Å². The number of amides is 3. The largest absolute Gasteiger partial charge is 0.456 e. The highest BCUT2D eigenvalue weighted by Gasteiger charge is 2.41. The maximum atomic E-state index is 13.5. The number of urea groups is 1. The molecule has 2 aromatic carbocycles. The molecule has 9 nitrogen and oxygen atoms in total. The van der Waals surface area contributed by atoms with E-state index in [0.717, 1.165) is 37.1 Å². The Morgan fingerprint density at radius 1 is 1.12 bits per heavy atom. The predicted octanol–water partition coefficient (Wildman–Crippen LogP) is 5.74. The molecule has 2 atom stereocenters. The lowest BCUT2D eigenvalue weighted by molar-refractivity contribution is -0.135. The van der Waals surface area contributed by atoms with Crippen LogP contribution in [0.3, 0.4) is 0 Å². The average Bonchev–Trinajstić information content (AvgIpc) is 3.32. The maximum absolute atomic E-state index is 13.5. The fraction of sp³-hybridized carbons (Fsp3) is 0.455. The summed E-state index contributed by atoms with van der Waals surface area (Å²) in [7, 11) is 3.74. The molecule has 2 N–H and O–H groups in total. The monoisotopic (exact) mass is 570 g/mol. The van der Waals surface area contributed by atoms with E-state index in [9.17, 15) is 14.9 Å². The molecule has 1 fully saturated rings. The Morgan fingerprint density at radius 3 is 2.52 bits per heavy atom. The molecule has 0 bridgehead atoms. The fourth-order valence-electron chi connectivity index (χ4n) is 5.87. The van der Waals surface area contributed by atoms with Gasteiger partial charge in [-0.25, -0.2) is 9.78 Å². The Hall–Kier alpha value is -4.32. The normalized spacial score (nSPS) is 18.9. The molecule has 222 valence electrons. The molecule has 0 unspecified atom stereocenters. The van der Waals surface area contributed by atoms with E-state index in [1.54, 1.807) is 24.7 Å². The number of aryl methyl sites for hydroxylation is 1. The van der Waals surface area contributed by atoms with Crippen molar-refractivity contribution in [1.82, 2.24) is 25.1 Å². The van der Waals surface area contributed by atoms with Crippen LogP contribution in [0, 0.1) is 11.3 Å². The molecule has 0 saturated carbocycles. The standard InChI is InChI=1S/C33H42N6O3/c1-8-33(16-9-10-17-38(6)29(33)40)25-12-11-13-26(18-25)42-27-19-24(15-14-23(27)20-34)32(5,28-21-35-22-39(28)7)37-30(41)36-31(2,3)4/h11-15,18-19,21-22H,8-10,16-17H2,1-7H3,(H2,36,37,41)/t32-,33-/m1/s1. The first kappa shape index (κ1) is 30.6. The van der Waals surface area contributed by atoms with Crippen LogP contribution in [0.1, 0.15) is 82.7 Å². The smallest absolute Gasteiger partial charge is 0.316 e. The van der Waals surface area contributed by atoms with Gasteiger partial charge in [-0.15, -0.1) is 0 Å². The lowest BCUT2D eigenvalue weighted by atomic mass is 9.73. The number of ether oxygens (including phenoxy) is 1. The molecule has 1 aromatic heterocycles. The van der Waals surface area contributed by atoms with Crippen LogP contribution in [0.15, 0.2) is 55.0 Å². The van der Waals surface area contributed by atoms with Crippen LogP contribution < -0.4 is 15.4 Å². The number of nitriles is 1. The van der Waals surface area contributed by atoms with E-state index < -0.39 is 16.5 Å². The molecule has 2 heterocycles. The van der Waals surface area contributed by atoms with Gasteiger partial charge < -0.3 is 24.8 Å². The molecule has 1 aliphatic heterocycles. The van der Waals surface area contributed by atoms with Crippen LogP contribution in [0.2, 0.25) is 0 Å². The number of aromatic nitrogens is 2. The Balaban J connectivity index is 1.75. The molecule has 0 radical (unpaired) electrons. The third-order valence-electron chi connectivity index (χ3n) is 8.18. The molecule has 0 spiro atoms. The van der Waals surface area contributed by atoms with Gasteiger partial charge in [0.1, 0.15) is 23.1 Å². The van der Waals surface area contributed by atoms with Crippen molar-refractivity contribution in [1.29, 1.82) is 5.26 Å². The number of carbonyl (C=O) groups is 2. The van der Waals surface area contributed by atoms with Crippen molar-refractivity contribution in [2.45, 2.75) is 76.8 Å². The summed E-state index contributed by atoms with van der Waals surface area (Å²) in [5.41, 5.74) is 0.675. The Bertz CT molecular complexity index is 1500. The van der Waals surface area contributed by atoms with Crippen molar-refractivity contribution in [3.63, 3.8) is 0 Å². The minimum absolute atomic E-state index is 0.130. The van der Waals surface area contributed by atoms with Crippen molar-refractivity contribution in [3.05, 3.63) is 77.4 Å². The molecule has 3 amide bonds. The minimum atomic E-state index is -1.00. The van der Waals surface area contributed by atoms with Crippen LogP contribution in [0.5, 0.6) is 11.5 Å². The lowest BCUT2D eigenvalue weighted by Crippen LogP contribution is -2.54. The number of carbonyl (C=O) groups excluding carboxylic acids is 2. The number of imidazole rings is 1. The highest BCUT2D eigenvalue weighted by atomic mass is 16.5. The maximum Gasteiger partial charge on any atom is 0.316 e. The van der Waals surface area contributed by atoms with Gasteiger partial charge in [0.2, 0.25) is 5.91 Å². The van der Waals surface area contributed by atoms with E-state index >= 15 is 0 Å². The summed E-state index contributed by atoms with van der Waals surface area (Å²) in [6.07, 6.45) is 6.81. The van der Waals surface area contributed by atoms with Crippen LogP contribution in [0.4, 0.5) is 4.79 Å². The minimum Gasteiger partial charge on any atom is -0.456 e. The first-order chi connectivity index (χ1) is 19.8. The second-order valence-electron chi connectivity index (χ2n) is 12.4. The number of hydrogen-bond donors (Lipinski definition) is 2. The topological polar surface area (TPSA) is 112 Å². The number of likely N-dealkylation sites (tertiary alicyclic amines) is 1. The summed E-state index contributed by atoms with van der Waals surface area (Å²) < 4.78 is 8.24. The van der Waals surface area contributed by atoms with Crippen molar-refractivity contribution in [2.24, 2.45) is 7.05 Å². The van der Waals surface area contributed by atoms with E-state index in [-0.39, 0.29) is 11.9 Å². The Kier molecular flexibility index (Phi) is 8.67. The molecule has 3 aromatic rings. The van der Waals surface area contributed by atoms with Gasteiger partial charge in [-0.05, 0) is 82.3 Å². The molecule has 0 aliphatic carbocycles. The number of likely N-dealkylation sites (N-methyl/N-ethyl adjacent to an activating group) is 1. The van der Waals surface area contributed by atoms with Gasteiger partial charge in [-0.1, -0.05) is 31.5 Å². The summed E-state index contributed by atoms with van der Waals surface area (Å²) in [5.74, 6) is 1.02. The van der Waals surface area contributed by atoms with Crippen molar-refractivity contribution >= 4 is 11.9 Å². The molecular weight excluding hydrogens is 528 g/mol. The average molecular weight is 571 g/mol. The van der Waals surface area contributed by atoms with Gasteiger partial charge >= 0.3 is 6.03 Å². The quantitative estimate of drug-likeness (QED) is 0.377. The fourth-order valence-corrected chi connectivity index (χ4v) is 5.87. The molecule has 4 rings (SSSR count). The number of rotatable bonds is 7. The number of benzene rings is 2. The van der Waals surface area contributed by atoms with Gasteiger partial charge in [-0.3, -0.25) is 4.79 Å². The molecular formula is C33H42N6O3. The number of nitrogens with one attached hydrogen (secondary N) is 2. The molecule has 1 saturated heterocycles. The van der Waals surface area contributed by atoms with Crippen molar-refractivity contribution < 1.29 is 14.3 Å². The summed E-state index contributed by atoms with van der Waals surface area (Å²) in [4.78, 5) is 32.8. The van der Waals surface area contributed by atoms with Crippen LogP contribution in [0.25, 0.3) is 0 Å². The summed E-state index contributed by atoms with van der Waals surface area (Å²) in [6.45, 7) is 10.5. The Morgan fingerprint density at radius 2 is 1.88 bits per heavy atom. The highest BCUT2D eigenvalue weighted by molar-refractivity contribution is 5.88. The second-order valence-corrected chi connectivity index (χ2v) is 12.4. The van der Waals surface area contributed by atoms with E-state index in [1.165, 1.54) is 0 Å². The van der Waals surface area contributed by atoms with E-state index in [4.69, 9.17) is 4.74 Å². The first-order valence-electron chi connectivity index (χ1n) is 14.5. The number of hydrogen-bond acceptors (Lipinski definition) is 5. The zero-order chi connectivity index (χ0) is 30.7. The molecule has 42 heavy (non-hydrogen) atoms. The SMILES string of the molecule is CC[C@]1(c2cccc(Oc3cc([C@@](C)(NC(=O)NC(C)(C)C)c4cncn4C)ccc3C#N)c2)CCCCN(C)C1=O. The van der Waals surface area contributed by atoms with Crippen molar-refractivity contribution in [2.75, 3.05) is 13.6 Å². The number of nitrogens with zero attached hydrogens (tertiary/aromatic N) is 4. The predicted molar refractivity (Wildman–Crippen MR) is 162 cm³/mol. The van der Waals surface area contributed by atoms with Gasteiger partial charge in [0.15, 0.2) is 0 Å². The third-order valence-corrected chi connectivity index (χ3v) is 8.18. The van der Waals surface area contributed by atoms with Crippen molar-refractivity contribution in [3.8, 4) is 17.6 Å². The van der Waals surface area contributed by atoms with Crippen LogP contribution >= 0.6 is 0 Å². The van der Waals surface area contributed by atoms with Gasteiger partial charge in [0, 0.05) is 26.2 Å². The van der Waals surface area contributed by atoms with Gasteiger partial charge in [-0.2, -0.15) is 5.26 Å². The van der Waals surface area contributed by atoms with E-state index in [0.29, 0.717) is 29.0 Å². The third kappa shape index (κ3) is 6.13. The highest BCUT2D eigenvalue weighted by Crippen LogP contribution is 2.40. The Labute approximate surface area is 248 Å². The summed E-state index contributed by atoms with van der Waals surface area (Å²) in [6, 6.07) is 14.8. The molecule has 1 aliphatic rings. The van der Waals surface area contributed by atoms with Crippen LogP contribution in [-0.2, 0) is 22.8 Å². The van der Waals surface area contributed by atoms with Crippen LogP contribution in [-0.4, -0.2) is 45.5 Å². The first-order valence-corrected chi connectivity index (χ1v) is 14.5. The van der Waals surface area contributed by atoms with Gasteiger partial charge in [0.25, 0.3) is 0 Å². The summed E-state index contributed by atoms with van der Waals surface area (Å²) in [5, 5.41) is 16.0. The molecule has 9 heteroatoms. The summed E-state index contributed by atoms with van der Waals surface area (Å²) >= 11 is 0. The van der Waals surface area contributed by atoms with Gasteiger partial charge in [0.05, 0.1) is 29.2 Å². The lowest BCUT2D eigenvalue weighted by Gasteiger charge is -2.34. The zero-order valence-electron chi connectivity index (χ0n) is 25.7. The zero-order valence-corrected chi connectivity index (χ0v) is 25.7. The second kappa shape index (κ2) is 11.9. The van der Waals surface area contributed by atoms with E-state index in [1.807, 2.05) is 81.6 Å².